The fourth-order valence-corrected chi connectivity index (χ4v) is 3.96. The van der Waals surface area contributed by atoms with Crippen molar-refractivity contribution < 1.29 is 13.5 Å². The van der Waals surface area contributed by atoms with E-state index in [1.807, 2.05) is 6.07 Å². The third-order valence-electron chi connectivity index (χ3n) is 5.79. The number of hydrogen-bond donors (Lipinski definition) is 1. The van der Waals surface area contributed by atoms with Gasteiger partial charge in [0, 0.05) is 30.8 Å². The SMILES string of the molecule is COc1cc(N2CCC(N)CC2)nc(-c2ccc(C#N)c(F)c2)c1-c1ccc(C#N)c(F)c1. The summed E-state index contributed by atoms with van der Waals surface area (Å²) in [5, 5.41) is 18.2. The van der Waals surface area contributed by atoms with E-state index in [1.165, 1.54) is 31.4 Å². The molecule has 0 bridgehead atoms. The number of hydrogen-bond acceptors (Lipinski definition) is 6. The molecule has 2 aromatic carbocycles. The minimum absolute atomic E-state index is 0.0853. The van der Waals surface area contributed by atoms with Crippen LogP contribution in [0.2, 0.25) is 0 Å². The Morgan fingerprint density at radius 1 is 0.970 bits per heavy atom. The largest absolute Gasteiger partial charge is 0.496 e. The van der Waals surface area contributed by atoms with Crippen molar-refractivity contribution in [2.24, 2.45) is 5.73 Å². The van der Waals surface area contributed by atoms with Gasteiger partial charge in [-0.05, 0) is 42.7 Å². The number of nitrogens with zero attached hydrogens (tertiary/aromatic N) is 4. The van der Waals surface area contributed by atoms with Crippen molar-refractivity contribution in [3.05, 3.63) is 65.2 Å². The zero-order chi connectivity index (χ0) is 23.5. The summed E-state index contributed by atoms with van der Waals surface area (Å²) in [5.74, 6) is -0.291. The number of piperidine rings is 1. The molecule has 0 amide bonds. The first kappa shape index (κ1) is 22.2. The molecule has 0 saturated carbocycles. The van der Waals surface area contributed by atoms with Crippen LogP contribution in [0.3, 0.4) is 0 Å². The van der Waals surface area contributed by atoms with Crippen molar-refractivity contribution in [1.82, 2.24) is 4.98 Å². The summed E-state index contributed by atoms with van der Waals surface area (Å²) >= 11 is 0. The first-order chi connectivity index (χ1) is 15.9. The summed E-state index contributed by atoms with van der Waals surface area (Å²) in [6, 6.07) is 14.0. The fourth-order valence-electron chi connectivity index (χ4n) is 3.96. The quantitative estimate of drug-likeness (QED) is 0.640. The Labute approximate surface area is 190 Å². The number of benzene rings is 2. The van der Waals surface area contributed by atoms with Gasteiger partial charge in [-0.1, -0.05) is 12.1 Å². The minimum Gasteiger partial charge on any atom is -0.496 e. The van der Waals surface area contributed by atoms with Gasteiger partial charge in [0.25, 0.3) is 0 Å². The molecule has 2 heterocycles. The molecule has 1 aliphatic rings. The van der Waals surface area contributed by atoms with E-state index in [0.717, 1.165) is 12.8 Å². The Morgan fingerprint density at radius 2 is 1.55 bits per heavy atom. The van der Waals surface area contributed by atoms with Gasteiger partial charge in [0.1, 0.15) is 35.3 Å². The van der Waals surface area contributed by atoms with Crippen LogP contribution in [0.25, 0.3) is 22.4 Å². The highest BCUT2D eigenvalue weighted by atomic mass is 19.1. The number of aromatic nitrogens is 1. The number of rotatable bonds is 4. The molecular formula is C25H21F2N5O. The van der Waals surface area contributed by atoms with Gasteiger partial charge < -0.3 is 15.4 Å². The molecule has 166 valence electrons. The number of pyridine rings is 1. The maximum absolute atomic E-state index is 14.5. The highest BCUT2D eigenvalue weighted by Crippen LogP contribution is 2.41. The lowest BCUT2D eigenvalue weighted by Gasteiger charge is -2.32. The standard InChI is InChI=1S/C25H21F2N5O/c1-33-22-12-23(32-8-6-19(30)7-9-32)31-25(16-3-5-18(14-29)21(27)11-16)24(22)15-2-4-17(13-28)20(26)10-15/h2-5,10-12,19H,6-9,30H2,1H3. The van der Waals surface area contributed by atoms with E-state index in [9.17, 15) is 8.78 Å². The van der Waals surface area contributed by atoms with Gasteiger partial charge in [0.2, 0.25) is 0 Å². The molecule has 1 aliphatic heterocycles. The molecule has 1 fully saturated rings. The number of anilines is 1. The zero-order valence-electron chi connectivity index (χ0n) is 18.0. The second kappa shape index (κ2) is 9.23. The summed E-state index contributed by atoms with van der Waals surface area (Å²) in [4.78, 5) is 6.90. The Bertz CT molecular complexity index is 1290. The van der Waals surface area contributed by atoms with Crippen LogP contribution in [0, 0.1) is 34.3 Å². The maximum atomic E-state index is 14.5. The number of ether oxygens (including phenoxy) is 1. The normalized spacial score (nSPS) is 13.9. The minimum atomic E-state index is -0.679. The molecule has 4 rings (SSSR count). The van der Waals surface area contributed by atoms with Gasteiger partial charge in [-0.15, -0.1) is 0 Å². The molecule has 0 spiro atoms. The molecule has 0 aliphatic carbocycles. The second-order valence-corrected chi connectivity index (χ2v) is 7.84. The van der Waals surface area contributed by atoms with Crippen LogP contribution < -0.4 is 15.4 Å². The van der Waals surface area contributed by atoms with Crippen molar-refractivity contribution in [2.45, 2.75) is 18.9 Å². The van der Waals surface area contributed by atoms with Crippen LogP contribution in [-0.4, -0.2) is 31.2 Å². The van der Waals surface area contributed by atoms with Gasteiger partial charge in [-0.25, -0.2) is 13.8 Å². The number of nitrogens with two attached hydrogens (primary N) is 1. The van der Waals surface area contributed by atoms with Crippen LogP contribution in [0.5, 0.6) is 5.75 Å². The molecule has 0 unspecified atom stereocenters. The Kier molecular flexibility index (Phi) is 6.21. The van der Waals surface area contributed by atoms with E-state index in [0.29, 0.717) is 47.0 Å². The second-order valence-electron chi connectivity index (χ2n) is 7.84. The zero-order valence-corrected chi connectivity index (χ0v) is 18.0. The molecule has 8 heteroatoms. The summed E-state index contributed by atoms with van der Waals surface area (Å²) in [5.41, 5.74) is 7.56. The van der Waals surface area contributed by atoms with Gasteiger partial charge in [0.05, 0.1) is 29.5 Å². The topological polar surface area (TPSA) is 99.0 Å². The predicted molar refractivity (Wildman–Crippen MR) is 120 cm³/mol. The monoisotopic (exact) mass is 445 g/mol. The average Bonchev–Trinajstić information content (AvgIpc) is 2.83. The fraction of sp³-hybridized carbons (Fsp3) is 0.240. The van der Waals surface area contributed by atoms with Gasteiger partial charge >= 0.3 is 0 Å². The van der Waals surface area contributed by atoms with E-state index in [1.54, 1.807) is 24.3 Å². The molecule has 0 atom stereocenters. The van der Waals surface area contributed by atoms with E-state index < -0.39 is 11.6 Å². The Balaban J connectivity index is 1.94. The summed E-state index contributed by atoms with van der Waals surface area (Å²) in [7, 11) is 1.50. The third-order valence-corrected chi connectivity index (χ3v) is 5.79. The van der Waals surface area contributed by atoms with Crippen LogP contribution in [-0.2, 0) is 0 Å². The van der Waals surface area contributed by atoms with Crippen molar-refractivity contribution in [2.75, 3.05) is 25.1 Å². The van der Waals surface area contributed by atoms with Gasteiger partial charge in [-0.3, -0.25) is 0 Å². The summed E-state index contributed by atoms with van der Waals surface area (Å²) in [6.45, 7) is 1.42. The van der Waals surface area contributed by atoms with E-state index in [2.05, 4.69) is 4.90 Å². The molecule has 33 heavy (non-hydrogen) atoms. The maximum Gasteiger partial charge on any atom is 0.141 e. The van der Waals surface area contributed by atoms with Crippen molar-refractivity contribution >= 4 is 5.82 Å². The molecular weight excluding hydrogens is 424 g/mol. The van der Waals surface area contributed by atoms with Crippen LogP contribution in [0.1, 0.15) is 24.0 Å². The van der Waals surface area contributed by atoms with Crippen LogP contribution >= 0.6 is 0 Å². The highest BCUT2D eigenvalue weighted by molar-refractivity contribution is 5.87. The number of halogens is 2. The highest BCUT2D eigenvalue weighted by Gasteiger charge is 2.23. The van der Waals surface area contributed by atoms with Gasteiger partial charge in [-0.2, -0.15) is 10.5 Å². The smallest absolute Gasteiger partial charge is 0.141 e. The van der Waals surface area contributed by atoms with E-state index >= 15 is 0 Å². The number of methoxy groups -OCH3 is 1. The van der Waals surface area contributed by atoms with E-state index in [4.69, 9.17) is 26.0 Å². The lowest BCUT2D eigenvalue weighted by atomic mass is 9.96. The summed E-state index contributed by atoms with van der Waals surface area (Å²) in [6.07, 6.45) is 1.63. The van der Waals surface area contributed by atoms with E-state index in [-0.39, 0.29) is 17.2 Å². The summed E-state index contributed by atoms with van der Waals surface area (Å²) < 4.78 is 34.6. The Hall–Kier alpha value is -4.01. The Morgan fingerprint density at radius 3 is 2.09 bits per heavy atom. The van der Waals surface area contributed by atoms with Gasteiger partial charge in [0.15, 0.2) is 0 Å². The molecule has 3 aromatic rings. The van der Waals surface area contributed by atoms with Crippen molar-refractivity contribution in [1.29, 1.82) is 10.5 Å². The molecule has 0 radical (unpaired) electrons. The molecule has 6 nitrogen and oxygen atoms in total. The predicted octanol–water partition coefficient (Wildman–Crippen LogP) is 4.37. The average molecular weight is 445 g/mol. The lowest BCUT2D eigenvalue weighted by Crippen LogP contribution is -2.40. The van der Waals surface area contributed by atoms with Crippen LogP contribution in [0.4, 0.5) is 14.6 Å². The van der Waals surface area contributed by atoms with Crippen LogP contribution in [0.15, 0.2) is 42.5 Å². The first-order valence-electron chi connectivity index (χ1n) is 10.4. The molecule has 1 aromatic heterocycles. The number of nitriles is 2. The first-order valence-corrected chi connectivity index (χ1v) is 10.4. The molecule has 1 saturated heterocycles. The van der Waals surface area contributed by atoms with Crippen molar-refractivity contribution in [3.8, 4) is 40.3 Å². The third kappa shape index (κ3) is 4.34. The van der Waals surface area contributed by atoms with Crippen molar-refractivity contribution in [3.63, 3.8) is 0 Å². The lowest BCUT2D eigenvalue weighted by molar-refractivity contribution is 0.415. The molecule has 2 N–H and O–H groups in total.